The highest BCUT2D eigenvalue weighted by molar-refractivity contribution is 5.86. The van der Waals surface area contributed by atoms with E-state index in [1.54, 1.807) is 0 Å². The van der Waals surface area contributed by atoms with Crippen molar-refractivity contribution in [3.05, 3.63) is 0 Å². The summed E-state index contributed by atoms with van der Waals surface area (Å²) >= 11 is 0. The lowest BCUT2D eigenvalue weighted by Gasteiger charge is -2.31. The summed E-state index contributed by atoms with van der Waals surface area (Å²) in [4.78, 5) is 10.8. The summed E-state index contributed by atoms with van der Waals surface area (Å²) in [6.07, 6.45) is 4.68. The summed E-state index contributed by atoms with van der Waals surface area (Å²) in [6, 6.07) is 0. The van der Waals surface area contributed by atoms with E-state index in [-0.39, 0.29) is 0 Å². The van der Waals surface area contributed by atoms with Gasteiger partial charge in [0.15, 0.2) is 0 Å². The highest BCUT2D eigenvalue weighted by atomic mass is 16.1. The first-order chi connectivity index (χ1) is 4.75. The number of rotatable bonds is 3. The van der Waals surface area contributed by atoms with Gasteiger partial charge < -0.3 is 0 Å². The number of hydrogen-bond acceptors (Lipinski definition) is 1. The van der Waals surface area contributed by atoms with Crippen molar-refractivity contribution in [2.45, 2.75) is 39.5 Å². The zero-order chi connectivity index (χ0) is 7.56. The van der Waals surface area contributed by atoms with Crippen LogP contribution in [0.1, 0.15) is 39.5 Å². The Morgan fingerprint density at radius 1 is 1.60 bits per heavy atom. The largest absolute Gasteiger partial charge is 0.299 e. The minimum Gasteiger partial charge on any atom is -0.299 e. The first kappa shape index (κ1) is 7.77. The maximum atomic E-state index is 10.8. The second-order valence-electron chi connectivity index (χ2n) is 3.36. The summed E-state index contributed by atoms with van der Waals surface area (Å²) in [7, 11) is 0. The molecule has 1 aliphatic carbocycles. The highest BCUT2D eigenvalue weighted by Gasteiger charge is 2.34. The third-order valence-electron chi connectivity index (χ3n) is 2.61. The molecule has 0 heterocycles. The molecule has 1 saturated carbocycles. The fraction of sp³-hybridized carbons (Fsp3) is 0.889. The van der Waals surface area contributed by atoms with E-state index in [2.05, 4.69) is 13.8 Å². The molecule has 0 saturated heterocycles. The van der Waals surface area contributed by atoms with Gasteiger partial charge in [-0.25, -0.2) is 0 Å². The van der Waals surface area contributed by atoms with Gasteiger partial charge in [-0.2, -0.15) is 0 Å². The third-order valence-corrected chi connectivity index (χ3v) is 2.61. The van der Waals surface area contributed by atoms with Crippen molar-refractivity contribution in [1.82, 2.24) is 0 Å². The Morgan fingerprint density at radius 2 is 2.30 bits per heavy atom. The minimum atomic E-state index is 0.381. The van der Waals surface area contributed by atoms with Crippen LogP contribution in [0, 0.1) is 11.8 Å². The lowest BCUT2D eigenvalue weighted by atomic mass is 9.71. The lowest BCUT2D eigenvalue weighted by molar-refractivity contribution is -0.133. The summed E-state index contributed by atoms with van der Waals surface area (Å²) in [5.74, 6) is 1.58. The molecule has 0 bridgehead atoms. The van der Waals surface area contributed by atoms with E-state index in [1.165, 1.54) is 19.3 Å². The molecule has 58 valence electrons. The molecule has 0 spiro atoms. The molecule has 1 rings (SSSR count). The van der Waals surface area contributed by atoms with Crippen LogP contribution < -0.4 is 0 Å². The SMILES string of the molecule is CCCCC1CC(=O)C1C. The van der Waals surface area contributed by atoms with Gasteiger partial charge in [-0.3, -0.25) is 4.79 Å². The molecule has 0 amide bonds. The van der Waals surface area contributed by atoms with Crippen LogP contribution >= 0.6 is 0 Å². The van der Waals surface area contributed by atoms with Crippen LogP contribution in [0.5, 0.6) is 0 Å². The minimum absolute atomic E-state index is 0.381. The Kier molecular flexibility index (Phi) is 2.47. The van der Waals surface area contributed by atoms with Crippen LogP contribution in [0.25, 0.3) is 0 Å². The molecule has 1 fully saturated rings. The zero-order valence-electron chi connectivity index (χ0n) is 6.89. The van der Waals surface area contributed by atoms with E-state index in [0.29, 0.717) is 11.7 Å². The Hall–Kier alpha value is -0.330. The Bertz CT molecular complexity index is 129. The standard InChI is InChI=1S/C9H16O/c1-3-4-5-8-6-9(10)7(8)2/h7-8H,3-6H2,1-2H3. The number of unbranched alkanes of at least 4 members (excludes halogenated alkanes) is 1. The van der Waals surface area contributed by atoms with Crippen molar-refractivity contribution in [3.8, 4) is 0 Å². The van der Waals surface area contributed by atoms with Gasteiger partial charge in [-0.1, -0.05) is 26.7 Å². The number of hydrogen-bond donors (Lipinski definition) is 0. The van der Waals surface area contributed by atoms with Crippen molar-refractivity contribution < 1.29 is 4.79 Å². The van der Waals surface area contributed by atoms with E-state index in [9.17, 15) is 4.79 Å². The first-order valence-corrected chi connectivity index (χ1v) is 4.28. The first-order valence-electron chi connectivity index (χ1n) is 4.28. The summed E-state index contributed by atoms with van der Waals surface area (Å²) in [5, 5.41) is 0. The molecule has 0 radical (unpaired) electrons. The fourth-order valence-electron chi connectivity index (χ4n) is 1.54. The maximum Gasteiger partial charge on any atom is 0.136 e. The Labute approximate surface area is 62.8 Å². The average molecular weight is 140 g/mol. The van der Waals surface area contributed by atoms with Gasteiger partial charge in [0.1, 0.15) is 5.78 Å². The zero-order valence-corrected chi connectivity index (χ0v) is 6.89. The highest BCUT2D eigenvalue weighted by Crippen LogP contribution is 2.33. The predicted octanol–water partition coefficient (Wildman–Crippen LogP) is 2.40. The summed E-state index contributed by atoms with van der Waals surface area (Å²) in [5.41, 5.74) is 0. The van der Waals surface area contributed by atoms with Crippen LogP contribution in [0.2, 0.25) is 0 Å². The number of carbonyl (C=O) groups is 1. The smallest absolute Gasteiger partial charge is 0.136 e. The van der Waals surface area contributed by atoms with Gasteiger partial charge in [0.2, 0.25) is 0 Å². The van der Waals surface area contributed by atoms with E-state index in [4.69, 9.17) is 0 Å². The monoisotopic (exact) mass is 140 g/mol. The van der Waals surface area contributed by atoms with Crippen LogP contribution in [-0.4, -0.2) is 5.78 Å². The summed E-state index contributed by atoms with van der Waals surface area (Å²) < 4.78 is 0. The molecule has 0 aromatic rings. The second-order valence-corrected chi connectivity index (χ2v) is 3.36. The number of carbonyl (C=O) groups excluding carboxylic acids is 1. The molecule has 0 aromatic carbocycles. The van der Waals surface area contributed by atoms with Crippen LogP contribution in [0.3, 0.4) is 0 Å². The van der Waals surface area contributed by atoms with Crippen molar-refractivity contribution in [3.63, 3.8) is 0 Å². The van der Waals surface area contributed by atoms with Gasteiger partial charge in [0.05, 0.1) is 0 Å². The maximum absolute atomic E-state index is 10.8. The molecule has 1 aliphatic rings. The second kappa shape index (κ2) is 3.18. The summed E-state index contributed by atoms with van der Waals surface area (Å²) in [6.45, 7) is 4.26. The van der Waals surface area contributed by atoms with E-state index in [0.717, 1.165) is 12.3 Å². The van der Waals surface area contributed by atoms with Crippen LogP contribution in [0.15, 0.2) is 0 Å². The molecular formula is C9H16O. The normalized spacial score (nSPS) is 32.0. The topological polar surface area (TPSA) is 17.1 Å². The average Bonchev–Trinajstić information content (AvgIpc) is 1.97. The van der Waals surface area contributed by atoms with E-state index in [1.807, 2.05) is 0 Å². The molecule has 0 aliphatic heterocycles. The number of Topliss-reactive ketones (excluding diaryl/α,β-unsaturated/α-hetero) is 1. The van der Waals surface area contributed by atoms with Crippen molar-refractivity contribution in [2.24, 2.45) is 11.8 Å². The van der Waals surface area contributed by atoms with Crippen LogP contribution in [0.4, 0.5) is 0 Å². The molecular weight excluding hydrogens is 124 g/mol. The molecule has 0 N–H and O–H groups in total. The fourth-order valence-corrected chi connectivity index (χ4v) is 1.54. The van der Waals surface area contributed by atoms with E-state index >= 15 is 0 Å². The lowest BCUT2D eigenvalue weighted by Crippen LogP contribution is -2.34. The van der Waals surface area contributed by atoms with Gasteiger partial charge in [0.25, 0.3) is 0 Å². The van der Waals surface area contributed by atoms with Gasteiger partial charge in [-0.15, -0.1) is 0 Å². The molecule has 1 heteroatoms. The van der Waals surface area contributed by atoms with Crippen molar-refractivity contribution >= 4 is 5.78 Å². The van der Waals surface area contributed by atoms with E-state index < -0.39 is 0 Å². The third kappa shape index (κ3) is 1.39. The van der Waals surface area contributed by atoms with Gasteiger partial charge in [0, 0.05) is 12.3 Å². The Balaban J connectivity index is 2.14. The molecule has 2 unspecified atom stereocenters. The predicted molar refractivity (Wildman–Crippen MR) is 41.8 cm³/mol. The molecule has 2 atom stereocenters. The molecule has 0 aromatic heterocycles. The van der Waals surface area contributed by atoms with Crippen LogP contribution in [-0.2, 0) is 4.79 Å². The molecule has 1 nitrogen and oxygen atoms in total. The Morgan fingerprint density at radius 3 is 2.70 bits per heavy atom. The van der Waals surface area contributed by atoms with Crippen molar-refractivity contribution in [1.29, 1.82) is 0 Å². The number of ketones is 1. The molecule has 10 heavy (non-hydrogen) atoms. The van der Waals surface area contributed by atoms with Crippen molar-refractivity contribution in [2.75, 3.05) is 0 Å². The van der Waals surface area contributed by atoms with Gasteiger partial charge in [-0.05, 0) is 12.3 Å². The quantitative estimate of drug-likeness (QED) is 0.588. The van der Waals surface area contributed by atoms with Gasteiger partial charge >= 0.3 is 0 Å².